The minimum Gasteiger partial charge on any atom is -0.465 e. The van der Waals surface area contributed by atoms with Gasteiger partial charge in [-0.25, -0.2) is 13.6 Å². The van der Waals surface area contributed by atoms with Gasteiger partial charge in [-0.1, -0.05) is 0 Å². The molecule has 0 atom stereocenters. The van der Waals surface area contributed by atoms with Crippen LogP contribution in [0.25, 0.3) is 0 Å². The van der Waals surface area contributed by atoms with Gasteiger partial charge in [0.05, 0.1) is 11.6 Å². The number of piperidine rings is 1. The number of hydrogen-bond acceptors (Lipinski definition) is 2. The van der Waals surface area contributed by atoms with Crippen molar-refractivity contribution in [3.63, 3.8) is 0 Å². The van der Waals surface area contributed by atoms with Crippen LogP contribution in [0.5, 0.6) is 0 Å². The third-order valence-electron chi connectivity index (χ3n) is 3.65. The minimum absolute atomic E-state index is 0.0159. The molecule has 1 amide bonds. The van der Waals surface area contributed by atoms with E-state index < -0.39 is 17.7 Å². The van der Waals surface area contributed by atoms with Crippen molar-refractivity contribution in [2.24, 2.45) is 5.92 Å². The van der Waals surface area contributed by atoms with Gasteiger partial charge < -0.3 is 10.0 Å². The van der Waals surface area contributed by atoms with Crippen molar-refractivity contribution in [1.29, 1.82) is 5.26 Å². The number of benzene rings is 1. The molecule has 0 aliphatic carbocycles. The molecule has 6 heteroatoms. The molecule has 0 bridgehead atoms. The molecule has 2 rings (SSSR count). The van der Waals surface area contributed by atoms with E-state index in [1.165, 1.54) is 4.90 Å². The van der Waals surface area contributed by atoms with E-state index in [1.54, 1.807) is 6.07 Å². The third kappa shape index (κ3) is 3.05. The number of nitriles is 1. The van der Waals surface area contributed by atoms with Gasteiger partial charge in [-0.3, -0.25) is 0 Å². The molecule has 1 aliphatic heterocycles. The third-order valence-corrected chi connectivity index (χ3v) is 3.65. The summed E-state index contributed by atoms with van der Waals surface area (Å²) in [7, 11) is 0. The highest BCUT2D eigenvalue weighted by Gasteiger charge is 2.24. The second-order valence-electron chi connectivity index (χ2n) is 4.95. The molecule has 1 saturated heterocycles. The zero-order valence-electron chi connectivity index (χ0n) is 10.8. The Hall–Kier alpha value is -2.16. The zero-order chi connectivity index (χ0) is 14.7. The number of nitrogens with zero attached hydrogens (tertiary/aromatic N) is 2. The lowest BCUT2D eigenvalue weighted by Crippen LogP contribution is -2.38. The average molecular weight is 280 g/mol. The fourth-order valence-electron chi connectivity index (χ4n) is 2.48. The summed E-state index contributed by atoms with van der Waals surface area (Å²) < 4.78 is 27.5. The smallest absolute Gasteiger partial charge is 0.407 e. The Balaban J connectivity index is 2.05. The molecule has 106 valence electrons. The van der Waals surface area contributed by atoms with Crippen LogP contribution in [-0.2, 0) is 6.42 Å². The van der Waals surface area contributed by atoms with E-state index in [0.717, 1.165) is 12.1 Å². The summed E-state index contributed by atoms with van der Waals surface area (Å²) in [4.78, 5) is 12.1. The molecule has 0 unspecified atom stereocenters. The first-order valence-electron chi connectivity index (χ1n) is 6.37. The van der Waals surface area contributed by atoms with Crippen molar-refractivity contribution >= 4 is 6.09 Å². The van der Waals surface area contributed by atoms with Gasteiger partial charge in [-0.15, -0.1) is 0 Å². The Bertz CT molecular complexity index is 538. The van der Waals surface area contributed by atoms with E-state index >= 15 is 0 Å². The van der Waals surface area contributed by atoms with Crippen LogP contribution in [0.4, 0.5) is 13.6 Å². The van der Waals surface area contributed by atoms with Crippen LogP contribution in [-0.4, -0.2) is 29.2 Å². The number of halogens is 2. The standard InChI is InChI=1S/C14H14F2N2O2/c15-12-6-10(8-17)7-13(16)11(12)5-9-1-3-18(4-2-9)14(19)20/h6-7,9H,1-5H2,(H,19,20). The van der Waals surface area contributed by atoms with Crippen LogP contribution in [0.3, 0.4) is 0 Å². The normalized spacial score (nSPS) is 15.9. The molecule has 20 heavy (non-hydrogen) atoms. The maximum Gasteiger partial charge on any atom is 0.407 e. The van der Waals surface area contributed by atoms with Gasteiger partial charge in [-0.2, -0.15) is 5.26 Å². The Labute approximate surface area is 115 Å². The fourth-order valence-corrected chi connectivity index (χ4v) is 2.48. The van der Waals surface area contributed by atoms with Gasteiger partial charge in [-0.05, 0) is 37.3 Å². The number of rotatable bonds is 2. The summed E-state index contributed by atoms with van der Waals surface area (Å²) in [5.74, 6) is -1.35. The number of carboxylic acid groups (broad SMARTS) is 1. The average Bonchev–Trinajstić information content (AvgIpc) is 2.43. The van der Waals surface area contributed by atoms with E-state index in [1.807, 2.05) is 0 Å². The van der Waals surface area contributed by atoms with Crippen LogP contribution in [0.15, 0.2) is 12.1 Å². The zero-order valence-corrected chi connectivity index (χ0v) is 10.8. The van der Waals surface area contributed by atoms with E-state index in [9.17, 15) is 13.6 Å². The summed E-state index contributed by atoms with van der Waals surface area (Å²) in [5.41, 5.74) is -0.0535. The Morgan fingerprint density at radius 3 is 2.35 bits per heavy atom. The first kappa shape index (κ1) is 14.3. The van der Waals surface area contributed by atoms with Crippen LogP contribution in [0, 0.1) is 28.9 Å². The predicted molar refractivity (Wildman–Crippen MR) is 67.1 cm³/mol. The second-order valence-corrected chi connectivity index (χ2v) is 4.95. The lowest BCUT2D eigenvalue weighted by atomic mass is 9.89. The predicted octanol–water partition coefficient (Wildman–Crippen LogP) is 2.77. The molecule has 0 saturated carbocycles. The highest BCUT2D eigenvalue weighted by Crippen LogP contribution is 2.25. The molecule has 1 aromatic carbocycles. The Kier molecular flexibility index (Phi) is 4.18. The lowest BCUT2D eigenvalue weighted by molar-refractivity contribution is 0.124. The van der Waals surface area contributed by atoms with Crippen molar-refractivity contribution in [2.75, 3.05) is 13.1 Å². The van der Waals surface area contributed by atoms with Gasteiger partial charge in [0.25, 0.3) is 0 Å². The number of likely N-dealkylation sites (tertiary alicyclic amines) is 1. The Morgan fingerprint density at radius 1 is 1.35 bits per heavy atom. The molecule has 1 N–H and O–H groups in total. The van der Waals surface area contributed by atoms with Crippen molar-refractivity contribution in [3.05, 3.63) is 34.9 Å². The molecule has 1 fully saturated rings. The van der Waals surface area contributed by atoms with Gasteiger partial charge >= 0.3 is 6.09 Å². The van der Waals surface area contributed by atoms with E-state index in [2.05, 4.69) is 0 Å². The quantitative estimate of drug-likeness (QED) is 0.906. The van der Waals surface area contributed by atoms with Crippen molar-refractivity contribution in [1.82, 2.24) is 4.90 Å². The van der Waals surface area contributed by atoms with Gasteiger partial charge in [0.15, 0.2) is 0 Å². The van der Waals surface area contributed by atoms with Crippen molar-refractivity contribution < 1.29 is 18.7 Å². The molecular formula is C14H14F2N2O2. The molecule has 0 aromatic heterocycles. The van der Waals surface area contributed by atoms with E-state index in [4.69, 9.17) is 10.4 Å². The molecule has 1 aliphatic rings. The van der Waals surface area contributed by atoms with E-state index in [0.29, 0.717) is 25.9 Å². The molecule has 0 spiro atoms. The van der Waals surface area contributed by atoms with Crippen LogP contribution < -0.4 is 0 Å². The number of amides is 1. The molecule has 0 radical (unpaired) electrons. The summed E-state index contributed by atoms with van der Waals surface area (Å²) in [6.07, 6.45) is 0.451. The maximum absolute atomic E-state index is 13.8. The summed E-state index contributed by atoms with van der Waals surface area (Å²) in [5, 5.41) is 17.5. The first-order valence-corrected chi connectivity index (χ1v) is 6.37. The van der Waals surface area contributed by atoms with Crippen molar-refractivity contribution in [2.45, 2.75) is 19.3 Å². The lowest BCUT2D eigenvalue weighted by Gasteiger charge is -2.30. The maximum atomic E-state index is 13.8. The SMILES string of the molecule is N#Cc1cc(F)c(CC2CCN(C(=O)O)CC2)c(F)c1. The Morgan fingerprint density at radius 2 is 1.90 bits per heavy atom. The van der Waals surface area contributed by atoms with E-state index in [-0.39, 0.29) is 23.5 Å². The summed E-state index contributed by atoms with van der Waals surface area (Å²) in [6, 6.07) is 3.77. The monoisotopic (exact) mass is 280 g/mol. The second kappa shape index (κ2) is 5.87. The fraction of sp³-hybridized carbons (Fsp3) is 0.429. The van der Waals surface area contributed by atoms with Crippen LogP contribution in [0.2, 0.25) is 0 Å². The van der Waals surface area contributed by atoms with Crippen LogP contribution >= 0.6 is 0 Å². The topological polar surface area (TPSA) is 64.3 Å². The highest BCUT2D eigenvalue weighted by atomic mass is 19.1. The van der Waals surface area contributed by atoms with Gasteiger partial charge in [0, 0.05) is 18.7 Å². The minimum atomic E-state index is -0.959. The summed E-state index contributed by atoms with van der Waals surface area (Å²) in [6.45, 7) is 0.777. The molecule has 1 aromatic rings. The van der Waals surface area contributed by atoms with Crippen molar-refractivity contribution in [3.8, 4) is 6.07 Å². The number of hydrogen-bond donors (Lipinski definition) is 1. The van der Waals surface area contributed by atoms with Gasteiger partial charge in [0.1, 0.15) is 11.6 Å². The molecular weight excluding hydrogens is 266 g/mol. The molecule has 4 nitrogen and oxygen atoms in total. The highest BCUT2D eigenvalue weighted by molar-refractivity contribution is 5.64. The largest absolute Gasteiger partial charge is 0.465 e. The molecule has 1 heterocycles. The van der Waals surface area contributed by atoms with Crippen LogP contribution in [0.1, 0.15) is 24.0 Å². The first-order chi connectivity index (χ1) is 9.51. The summed E-state index contributed by atoms with van der Waals surface area (Å²) >= 11 is 0. The van der Waals surface area contributed by atoms with Gasteiger partial charge in [0.2, 0.25) is 0 Å². The number of carbonyl (C=O) groups is 1.